The fraction of sp³-hybridized carbons (Fsp3) is 0.478. The molecule has 1 aliphatic rings. The lowest BCUT2D eigenvalue weighted by molar-refractivity contribution is 0.0303. The van der Waals surface area contributed by atoms with Crippen LogP contribution in [0.4, 0.5) is 5.82 Å². The van der Waals surface area contributed by atoms with Crippen LogP contribution < -0.4 is 5.73 Å². The molecule has 28 heavy (non-hydrogen) atoms. The zero-order valence-corrected chi connectivity index (χ0v) is 17.0. The zero-order chi connectivity index (χ0) is 19.9. The van der Waals surface area contributed by atoms with Crippen molar-refractivity contribution in [2.45, 2.75) is 46.0 Å². The van der Waals surface area contributed by atoms with Crippen molar-refractivity contribution in [3.05, 3.63) is 58.3 Å². The number of aryl methyl sites for hydroxylation is 2. The molecular weight excluding hydrogens is 350 g/mol. The van der Waals surface area contributed by atoms with Crippen molar-refractivity contribution in [2.24, 2.45) is 0 Å². The maximum absolute atomic E-state index is 12.6. The van der Waals surface area contributed by atoms with Crippen LogP contribution in [0.1, 0.15) is 58.9 Å². The average molecular weight is 382 g/mol. The molecule has 5 heteroatoms. The third kappa shape index (κ3) is 5.10. The highest BCUT2D eigenvalue weighted by atomic mass is 16.5. The van der Waals surface area contributed by atoms with Gasteiger partial charge in [0, 0.05) is 24.3 Å². The highest BCUT2D eigenvalue weighted by molar-refractivity contribution is 5.94. The smallest absolute Gasteiger partial charge is 0.254 e. The Balaban J connectivity index is 1.69. The molecule has 2 aromatic rings. The number of nitrogen functional groups attached to an aromatic ring is 1. The van der Waals surface area contributed by atoms with Gasteiger partial charge in [0.25, 0.3) is 5.91 Å². The lowest BCUT2D eigenvalue weighted by Crippen LogP contribution is -2.40. The highest BCUT2D eigenvalue weighted by Gasteiger charge is 2.18. The first-order valence-corrected chi connectivity index (χ1v) is 10.3. The Labute approximate surface area is 167 Å². The number of carbonyl (C=O) groups is 1. The number of hydrogen-bond donors (Lipinski definition) is 1. The predicted molar refractivity (Wildman–Crippen MR) is 113 cm³/mol. The Bertz CT molecular complexity index is 796. The second kappa shape index (κ2) is 9.69. The van der Waals surface area contributed by atoms with Crippen LogP contribution in [0.5, 0.6) is 0 Å². The number of amides is 1. The summed E-state index contributed by atoms with van der Waals surface area (Å²) in [6.45, 7) is 6.78. The third-order valence-corrected chi connectivity index (χ3v) is 5.37. The molecule has 3 rings (SSSR count). The average Bonchev–Trinajstić information content (AvgIpc) is 2.72. The van der Waals surface area contributed by atoms with E-state index in [1.54, 1.807) is 0 Å². The number of pyridine rings is 1. The summed E-state index contributed by atoms with van der Waals surface area (Å²) in [6, 6.07) is 10.1. The van der Waals surface area contributed by atoms with Gasteiger partial charge in [-0.2, -0.15) is 0 Å². The molecule has 1 saturated heterocycles. The summed E-state index contributed by atoms with van der Waals surface area (Å²) in [5.74, 6) is 0.738. The molecule has 0 saturated carbocycles. The molecular formula is C23H31N3O2. The summed E-state index contributed by atoms with van der Waals surface area (Å²) < 4.78 is 5.32. The highest BCUT2D eigenvalue weighted by Crippen LogP contribution is 2.21. The monoisotopic (exact) mass is 381 g/mol. The Morgan fingerprint density at radius 1 is 1.14 bits per heavy atom. The number of rotatable bonds is 7. The van der Waals surface area contributed by atoms with E-state index in [0.717, 1.165) is 36.1 Å². The van der Waals surface area contributed by atoms with E-state index in [-0.39, 0.29) is 5.91 Å². The van der Waals surface area contributed by atoms with E-state index in [1.807, 2.05) is 36.1 Å². The molecule has 0 atom stereocenters. The topological polar surface area (TPSA) is 68.5 Å². The first-order chi connectivity index (χ1) is 13.6. The van der Waals surface area contributed by atoms with E-state index in [4.69, 9.17) is 10.5 Å². The maximum Gasteiger partial charge on any atom is 0.254 e. The van der Waals surface area contributed by atoms with Gasteiger partial charge in [0.2, 0.25) is 0 Å². The number of carbonyl (C=O) groups excluding carboxylic acids is 1. The van der Waals surface area contributed by atoms with E-state index < -0.39 is 0 Å². The molecule has 0 radical (unpaired) electrons. The molecule has 2 heterocycles. The van der Waals surface area contributed by atoms with Crippen LogP contribution in [0.2, 0.25) is 0 Å². The summed E-state index contributed by atoms with van der Waals surface area (Å²) in [7, 11) is 0. The van der Waals surface area contributed by atoms with Crippen molar-refractivity contribution in [2.75, 3.05) is 32.0 Å². The van der Waals surface area contributed by atoms with Gasteiger partial charge in [0.15, 0.2) is 0 Å². The molecule has 5 nitrogen and oxygen atoms in total. The first kappa shape index (κ1) is 20.3. The van der Waals surface area contributed by atoms with Gasteiger partial charge in [-0.25, -0.2) is 4.98 Å². The lowest BCUT2D eigenvalue weighted by Gasteiger charge is -2.26. The third-order valence-electron chi connectivity index (χ3n) is 5.37. The Hall–Kier alpha value is -2.40. The van der Waals surface area contributed by atoms with Gasteiger partial charge >= 0.3 is 0 Å². The fourth-order valence-corrected chi connectivity index (χ4v) is 3.59. The van der Waals surface area contributed by atoms with Crippen molar-refractivity contribution in [1.29, 1.82) is 0 Å². The maximum atomic E-state index is 12.6. The van der Waals surface area contributed by atoms with E-state index in [2.05, 4.69) is 18.0 Å². The van der Waals surface area contributed by atoms with Crippen molar-refractivity contribution >= 4 is 11.7 Å². The molecule has 1 aromatic heterocycles. The minimum absolute atomic E-state index is 0.0818. The quantitative estimate of drug-likeness (QED) is 0.741. The summed E-state index contributed by atoms with van der Waals surface area (Å²) in [5, 5.41) is 0. The van der Waals surface area contributed by atoms with Crippen LogP contribution >= 0.6 is 0 Å². The summed E-state index contributed by atoms with van der Waals surface area (Å²) in [4.78, 5) is 19.0. The summed E-state index contributed by atoms with van der Waals surface area (Å²) in [6.07, 6.45) is 5.32. The van der Waals surface area contributed by atoms with Crippen molar-refractivity contribution < 1.29 is 9.53 Å². The minimum atomic E-state index is 0.0818. The molecule has 1 fully saturated rings. The second-order valence-corrected chi connectivity index (χ2v) is 7.51. The van der Waals surface area contributed by atoms with Gasteiger partial charge in [-0.1, -0.05) is 38.0 Å². The van der Waals surface area contributed by atoms with Crippen LogP contribution in [0.3, 0.4) is 0 Å². The molecule has 2 N–H and O–H groups in total. The van der Waals surface area contributed by atoms with E-state index in [1.165, 1.54) is 24.0 Å². The molecule has 0 unspecified atom stereocenters. The van der Waals surface area contributed by atoms with Crippen molar-refractivity contribution in [3.63, 3.8) is 0 Å². The molecule has 0 spiro atoms. The minimum Gasteiger partial charge on any atom is -0.383 e. The number of hydrogen-bond acceptors (Lipinski definition) is 4. The van der Waals surface area contributed by atoms with Crippen molar-refractivity contribution in [3.8, 4) is 0 Å². The van der Waals surface area contributed by atoms with Crippen LogP contribution in [-0.2, 0) is 17.6 Å². The van der Waals surface area contributed by atoms with Crippen LogP contribution in [-0.4, -0.2) is 42.1 Å². The Morgan fingerprint density at radius 3 is 2.54 bits per heavy atom. The van der Waals surface area contributed by atoms with Gasteiger partial charge in [-0.15, -0.1) is 0 Å². The van der Waals surface area contributed by atoms with Crippen LogP contribution in [0.15, 0.2) is 30.3 Å². The summed E-state index contributed by atoms with van der Waals surface area (Å²) >= 11 is 0. The predicted octanol–water partition coefficient (Wildman–Crippen LogP) is 3.77. The number of nitrogens with zero attached hydrogens (tertiary/aromatic N) is 2. The van der Waals surface area contributed by atoms with Crippen LogP contribution in [0.25, 0.3) is 0 Å². The second-order valence-electron chi connectivity index (χ2n) is 7.51. The molecule has 0 aliphatic carbocycles. The number of aromatic nitrogens is 1. The number of anilines is 1. The fourth-order valence-electron chi connectivity index (χ4n) is 3.59. The van der Waals surface area contributed by atoms with E-state index in [0.29, 0.717) is 32.1 Å². The number of benzene rings is 1. The molecule has 0 bridgehead atoms. The summed E-state index contributed by atoms with van der Waals surface area (Å²) in [5.41, 5.74) is 11.4. The van der Waals surface area contributed by atoms with Gasteiger partial charge in [0.05, 0.1) is 13.2 Å². The number of nitrogens with two attached hydrogens (primary N) is 1. The van der Waals surface area contributed by atoms with E-state index in [9.17, 15) is 4.79 Å². The standard InChI is InChI=1S/C23H31N3O2/c1-3-4-5-6-20-16-21(17(2)25-22(20)24)15-18-7-9-19(10-8-18)23(27)26-11-13-28-14-12-26/h7-10,16H,3-6,11-15H2,1-2H3,(H2,24,25). The normalized spacial score (nSPS) is 14.3. The van der Waals surface area contributed by atoms with Gasteiger partial charge in [-0.3, -0.25) is 4.79 Å². The van der Waals surface area contributed by atoms with Gasteiger partial charge < -0.3 is 15.4 Å². The number of morpholine rings is 1. The first-order valence-electron chi connectivity index (χ1n) is 10.3. The van der Waals surface area contributed by atoms with Crippen molar-refractivity contribution in [1.82, 2.24) is 9.88 Å². The number of unbranched alkanes of at least 4 members (excludes halogenated alkanes) is 2. The SMILES string of the molecule is CCCCCc1cc(Cc2ccc(C(=O)N3CCOCC3)cc2)c(C)nc1N. The van der Waals surface area contributed by atoms with E-state index >= 15 is 0 Å². The molecule has 1 aliphatic heterocycles. The Kier molecular flexibility index (Phi) is 7.04. The molecule has 1 aromatic carbocycles. The van der Waals surface area contributed by atoms with Gasteiger partial charge in [0.1, 0.15) is 5.82 Å². The largest absolute Gasteiger partial charge is 0.383 e. The Morgan fingerprint density at radius 2 is 1.86 bits per heavy atom. The van der Waals surface area contributed by atoms with Crippen LogP contribution in [0, 0.1) is 6.92 Å². The molecule has 150 valence electrons. The number of ether oxygens (including phenoxy) is 1. The molecule has 1 amide bonds. The zero-order valence-electron chi connectivity index (χ0n) is 17.0. The lowest BCUT2D eigenvalue weighted by atomic mass is 9.98. The van der Waals surface area contributed by atoms with Gasteiger partial charge in [-0.05, 0) is 55.0 Å².